The van der Waals surface area contributed by atoms with Crippen LogP contribution >= 0.6 is 0 Å². The molecule has 1 aromatic rings. The highest BCUT2D eigenvalue weighted by Gasteiger charge is 2.23. The van der Waals surface area contributed by atoms with Crippen molar-refractivity contribution in [2.45, 2.75) is 45.8 Å². The van der Waals surface area contributed by atoms with Gasteiger partial charge in [0.05, 0.1) is 6.61 Å². The van der Waals surface area contributed by atoms with Crippen molar-refractivity contribution in [2.75, 3.05) is 31.6 Å². The summed E-state index contributed by atoms with van der Waals surface area (Å²) in [6.45, 7) is 7.73. The van der Waals surface area contributed by atoms with Crippen LogP contribution in [0, 0.1) is 0 Å². The highest BCUT2D eigenvalue weighted by Crippen LogP contribution is 2.22. The maximum atomic E-state index is 9.45. The molecule has 1 aliphatic heterocycles. The molecule has 1 saturated heterocycles. The Morgan fingerprint density at radius 3 is 2.75 bits per heavy atom. The predicted octanol–water partition coefficient (Wildman–Crippen LogP) is 2.06. The number of hydrogen-bond acceptors (Lipinski definition) is 4. The number of aliphatic hydroxyl groups excluding tert-OH is 1. The summed E-state index contributed by atoms with van der Waals surface area (Å²) >= 11 is 0. The largest absolute Gasteiger partial charge is 0.392 e. The molecule has 0 bridgehead atoms. The lowest BCUT2D eigenvalue weighted by molar-refractivity contribution is 0.281. The number of nitrogens with zero attached hydrogens (tertiary/aromatic N) is 3. The van der Waals surface area contributed by atoms with Gasteiger partial charge in [-0.15, -0.1) is 0 Å². The second-order valence-corrected chi connectivity index (χ2v) is 5.71. The lowest BCUT2D eigenvalue weighted by Crippen LogP contribution is -2.40. The van der Waals surface area contributed by atoms with Crippen LogP contribution in [0.1, 0.15) is 37.9 Å². The van der Waals surface area contributed by atoms with Crippen molar-refractivity contribution in [3.8, 4) is 0 Å². The zero-order valence-electron chi connectivity index (χ0n) is 13.0. The minimum Gasteiger partial charge on any atom is -0.392 e. The topological polar surface area (TPSA) is 39.6 Å². The van der Waals surface area contributed by atoms with Crippen LogP contribution in [0.5, 0.6) is 0 Å². The van der Waals surface area contributed by atoms with Gasteiger partial charge >= 0.3 is 0 Å². The molecule has 1 fully saturated rings. The Kier molecular flexibility index (Phi) is 5.38. The number of anilines is 1. The van der Waals surface area contributed by atoms with Gasteiger partial charge in [0.1, 0.15) is 5.82 Å². The molecule has 1 N–H and O–H groups in total. The molecule has 1 aromatic heterocycles. The monoisotopic (exact) mass is 277 g/mol. The van der Waals surface area contributed by atoms with Gasteiger partial charge in [0.25, 0.3) is 0 Å². The summed E-state index contributed by atoms with van der Waals surface area (Å²) in [4.78, 5) is 9.62. The summed E-state index contributed by atoms with van der Waals surface area (Å²) in [7, 11) is 2.20. The Morgan fingerprint density at radius 1 is 1.30 bits per heavy atom. The summed E-state index contributed by atoms with van der Waals surface area (Å²) < 4.78 is 0. The molecule has 0 aromatic carbocycles. The van der Waals surface area contributed by atoms with E-state index in [1.165, 1.54) is 6.42 Å². The van der Waals surface area contributed by atoms with Gasteiger partial charge in [0.15, 0.2) is 0 Å². The molecular weight excluding hydrogens is 250 g/mol. The van der Waals surface area contributed by atoms with E-state index in [0.29, 0.717) is 6.04 Å². The summed E-state index contributed by atoms with van der Waals surface area (Å²) in [6, 6.07) is 4.57. The molecule has 0 spiro atoms. The molecule has 2 heterocycles. The molecular formula is C16H27N3O. The van der Waals surface area contributed by atoms with Crippen LogP contribution in [-0.2, 0) is 13.0 Å². The number of hydrogen-bond donors (Lipinski definition) is 1. The average molecular weight is 277 g/mol. The standard InChI is InChI=1S/C16H27N3O/c1-4-14-9-13(12-20)10-16(17-14)19-8-6-7-18(3)11-15(19)5-2/h9-10,15,20H,4-8,11-12H2,1-3H3. The third kappa shape index (κ3) is 3.49. The van der Waals surface area contributed by atoms with Gasteiger partial charge in [-0.25, -0.2) is 4.98 Å². The first kappa shape index (κ1) is 15.3. The zero-order chi connectivity index (χ0) is 14.5. The first-order valence-corrected chi connectivity index (χ1v) is 7.73. The van der Waals surface area contributed by atoms with Crippen LogP contribution in [0.4, 0.5) is 5.82 Å². The quantitative estimate of drug-likeness (QED) is 0.914. The van der Waals surface area contributed by atoms with Gasteiger partial charge in [-0.05, 0) is 50.6 Å². The third-order valence-electron chi connectivity index (χ3n) is 4.14. The average Bonchev–Trinajstić information content (AvgIpc) is 2.67. The number of aryl methyl sites for hydroxylation is 1. The maximum Gasteiger partial charge on any atom is 0.129 e. The van der Waals surface area contributed by atoms with Crippen LogP contribution in [0.25, 0.3) is 0 Å². The summed E-state index contributed by atoms with van der Waals surface area (Å²) in [5, 5.41) is 9.45. The lowest BCUT2D eigenvalue weighted by Gasteiger charge is -2.31. The minimum absolute atomic E-state index is 0.0903. The molecule has 0 aliphatic carbocycles. The number of rotatable bonds is 4. The SMILES string of the molecule is CCc1cc(CO)cc(N2CCCN(C)CC2CC)n1. The maximum absolute atomic E-state index is 9.45. The van der Waals surface area contributed by atoms with Crippen molar-refractivity contribution in [3.63, 3.8) is 0 Å². The Balaban J connectivity index is 2.31. The smallest absolute Gasteiger partial charge is 0.129 e. The van der Waals surface area contributed by atoms with Crippen LogP contribution < -0.4 is 4.90 Å². The van der Waals surface area contributed by atoms with Crippen LogP contribution in [0.15, 0.2) is 12.1 Å². The van der Waals surface area contributed by atoms with Crippen LogP contribution in [0.2, 0.25) is 0 Å². The first-order valence-electron chi connectivity index (χ1n) is 7.73. The van der Waals surface area contributed by atoms with E-state index in [0.717, 1.165) is 49.6 Å². The van der Waals surface area contributed by atoms with E-state index in [1.807, 2.05) is 12.1 Å². The van der Waals surface area contributed by atoms with Gasteiger partial charge in [-0.3, -0.25) is 0 Å². The fourth-order valence-corrected chi connectivity index (χ4v) is 2.95. The Labute approximate surface area is 122 Å². The van der Waals surface area contributed by atoms with Crippen molar-refractivity contribution < 1.29 is 5.11 Å². The first-order chi connectivity index (χ1) is 9.67. The normalized spacial score (nSPS) is 21.0. The van der Waals surface area contributed by atoms with E-state index >= 15 is 0 Å². The van der Waals surface area contributed by atoms with Gasteiger partial charge in [0.2, 0.25) is 0 Å². The van der Waals surface area contributed by atoms with Gasteiger partial charge in [0, 0.05) is 24.8 Å². The number of pyridine rings is 1. The molecule has 4 heteroatoms. The summed E-state index contributed by atoms with van der Waals surface area (Å²) in [6.07, 6.45) is 3.20. The van der Waals surface area contributed by atoms with E-state index in [1.54, 1.807) is 0 Å². The molecule has 0 saturated carbocycles. The highest BCUT2D eigenvalue weighted by atomic mass is 16.3. The number of aliphatic hydroxyl groups is 1. The van der Waals surface area contributed by atoms with Crippen molar-refractivity contribution >= 4 is 5.82 Å². The van der Waals surface area contributed by atoms with Gasteiger partial charge in [-0.1, -0.05) is 13.8 Å². The Morgan fingerprint density at radius 2 is 2.10 bits per heavy atom. The minimum atomic E-state index is 0.0903. The second kappa shape index (κ2) is 7.04. The zero-order valence-corrected chi connectivity index (χ0v) is 13.0. The fraction of sp³-hybridized carbons (Fsp3) is 0.688. The van der Waals surface area contributed by atoms with E-state index in [-0.39, 0.29) is 6.61 Å². The second-order valence-electron chi connectivity index (χ2n) is 5.71. The number of likely N-dealkylation sites (N-methyl/N-ethyl adjacent to an activating group) is 1. The number of aromatic nitrogens is 1. The summed E-state index contributed by atoms with van der Waals surface area (Å²) in [5.74, 6) is 1.04. The third-order valence-corrected chi connectivity index (χ3v) is 4.14. The summed E-state index contributed by atoms with van der Waals surface area (Å²) in [5.41, 5.74) is 2.04. The van der Waals surface area contributed by atoms with Crippen molar-refractivity contribution in [3.05, 3.63) is 23.4 Å². The molecule has 20 heavy (non-hydrogen) atoms. The molecule has 4 nitrogen and oxygen atoms in total. The van der Waals surface area contributed by atoms with Crippen LogP contribution in [0.3, 0.4) is 0 Å². The molecule has 1 aliphatic rings. The van der Waals surface area contributed by atoms with Crippen molar-refractivity contribution in [1.29, 1.82) is 0 Å². The van der Waals surface area contributed by atoms with E-state index in [4.69, 9.17) is 4.98 Å². The van der Waals surface area contributed by atoms with E-state index in [9.17, 15) is 5.11 Å². The molecule has 1 atom stereocenters. The van der Waals surface area contributed by atoms with Gasteiger partial charge < -0.3 is 14.9 Å². The highest BCUT2D eigenvalue weighted by molar-refractivity contribution is 5.44. The Bertz CT molecular complexity index is 413. The Hall–Kier alpha value is -1.13. The van der Waals surface area contributed by atoms with E-state index < -0.39 is 0 Å². The molecule has 2 rings (SSSR count). The lowest BCUT2D eigenvalue weighted by atomic mass is 10.1. The predicted molar refractivity (Wildman–Crippen MR) is 83.1 cm³/mol. The molecule has 0 radical (unpaired) electrons. The molecule has 0 amide bonds. The van der Waals surface area contributed by atoms with Crippen LogP contribution in [-0.4, -0.2) is 47.7 Å². The molecule has 1 unspecified atom stereocenters. The van der Waals surface area contributed by atoms with Crippen molar-refractivity contribution in [2.24, 2.45) is 0 Å². The molecule has 112 valence electrons. The fourth-order valence-electron chi connectivity index (χ4n) is 2.95. The van der Waals surface area contributed by atoms with Crippen molar-refractivity contribution in [1.82, 2.24) is 9.88 Å². The van der Waals surface area contributed by atoms with Gasteiger partial charge in [-0.2, -0.15) is 0 Å². The van der Waals surface area contributed by atoms with E-state index in [2.05, 4.69) is 30.7 Å².